The molecule has 72 heavy (non-hydrogen) atoms. The third kappa shape index (κ3) is 5.60. The highest BCUT2D eigenvalue weighted by molar-refractivity contribution is 6.42. The molecule has 0 unspecified atom stereocenters. The van der Waals surface area contributed by atoms with Crippen molar-refractivity contribution in [3.63, 3.8) is 0 Å². The van der Waals surface area contributed by atoms with Crippen LogP contribution in [0.4, 0.5) is 26.3 Å². The molecule has 0 amide bonds. The van der Waals surface area contributed by atoms with E-state index in [1.807, 2.05) is 42.5 Å². The van der Waals surface area contributed by atoms with Crippen LogP contribution in [0.5, 0.6) is 0 Å². The molecule has 6 heteroatoms. The Morgan fingerprint density at radius 1 is 0.222 bits per heavy atom. The molecule has 0 saturated carbocycles. The fourth-order valence-electron chi connectivity index (χ4n) is 12.6. The maximum Gasteiger partial charge on any atom is 0.416 e. The number of alkyl halides is 6. The normalized spacial score (nSPS) is 12.9. The van der Waals surface area contributed by atoms with Crippen molar-refractivity contribution in [1.29, 1.82) is 0 Å². The van der Waals surface area contributed by atoms with Gasteiger partial charge < -0.3 is 0 Å². The average molecular weight is 941 g/mol. The minimum atomic E-state index is -4.49. The van der Waals surface area contributed by atoms with Gasteiger partial charge in [0.25, 0.3) is 0 Å². The molecule has 13 aromatic carbocycles. The van der Waals surface area contributed by atoms with E-state index >= 15 is 0 Å². The summed E-state index contributed by atoms with van der Waals surface area (Å²) in [6, 6.07) is 66.3. The van der Waals surface area contributed by atoms with E-state index in [0.29, 0.717) is 11.1 Å². The Bertz CT molecular complexity index is 4450. The van der Waals surface area contributed by atoms with Crippen LogP contribution in [0.2, 0.25) is 0 Å². The van der Waals surface area contributed by atoms with Crippen molar-refractivity contribution in [3.8, 4) is 89.0 Å². The lowest BCUT2D eigenvalue weighted by molar-refractivity contribution is -0.138. The molecular weight excluding hydrogens is 907 g/mol. The summed E-state index contributed by atoms with van der Waals surface area (Å²) in [6.07, 6.45) is -8.94. The van der Waals surface area contributed by atoms with Crippen molar-refractivity contribution in [1.82, 2.24) is 0 Å². The maximum atomic E-state index is 14.1. The fourth-order valence-corrected chi connectivity index (χ4v) is 12.6. The van der Waals surface area contributed by atoms with Gasteiger partial charge in [-0.3, -0.25) is 0 Å². The maximum absolute atomic E-state index is 14.1. The molecule has 0 aromatic heterocycles. The van der Waals surface area contributed by atoms with Crippen molar-refractivity contribution < 1.29 is 26.3 Å². The highest BCUT2D eigenvalue weighted by atomic mass is 19.4. The van der Waals surface area contributed by atoms with Crippen LogP contribution in [0, 0.1) is 0 Å². The third-order valence-corrected chi connectivity index (χ3v) is 15.5. The van der Waals surface area contributed by atoms with Crippen molar-refractivity contribution in [2.24, 2.45) is 0 Å². The van der Waals surface area contributed by atoms with Crippen LogP contribution in [0.25, 0.3) is 154 Å². The zero-order chi connectivity index (χ0) is 48.4. The Labute approximate surface area is 408 Å². The molecule has 0 saturated heterocycles. The lowest BCUT2D eigenvalue weighted by Crippen LogP contribution is -2.04. The molecule has 0 atom stereocenters. The monoisotopic (exact) mass is 940 g/mol. The second-order valence-corrected chi connectivity index (χ2v) is 19.2. The van der Waals surface area contributed by atoms with Crippen LogP contribution >= 0.6 is 0 Å². The first-order valence-corrected chi connectivity index (χ1v) is 23.9. The largest absolute Gasteiger partial charge is 0.416 e. The van der Waals surface area contributed by atoms with Crippen LogP contribution in [-0.4, -0.2) is 0 Å². The second kappa shape index (κ2) is 14.4. The number of fused-ring (bicyclic) bond motifs is 10. The molecule has 0 fully saturated rings. The first-order valence-electron chi connectivity index (χ1n) is 23.9. The van der Waals surface area contributed by atoms with Gasteiger partial charge in [0.05, 0.1) is 11.1 Å². The van der Waals surface area contributed by atoms with Crippen LogP contribution in [0.15, 0.2) is 206 Å². The van der Waals surface area contributed by atoms with Crippen LogP contribution in [-0.2, 0) is 12.4 Å². The minimum Gasteiger partial charge on any atom is -0.166 e. The molecule has 0 heterocycles. The van der Waals surface area contributed by atoms with Crippen molar-refractivity contribution in [2.75, 3.05) is 0 Å². The van der Waals surface area contributed by atoms with Crippen LogP contribution in [0.3, 0.4) is 0 Å². The van der Waals surface area contributed by atoms with Gasteiger partial charge >= 0.3 is 12.4 Å². The summed E-state index contributed by atoms with van der Waals surface area (Å²) in [6.45, 7) is 0. The summed E-state index contributed by atoms with van der Waals surface area (Å²) in [5, 5.41) is 12.9. The molecule has 2 aliphatic carbocycles. The van der Waals surface area contributed by atoms with Gasteiger partial charge in [-0.2, -0.15) is 26.3 Å². The summed E-state index contributed by atoms with van der Waals surface area (Å²) in [5.41, 5.74) is 14.3. The second-order valence-electron chi connectivity index (χ2n) is 19.2. The predicted octanol–water partition coefficient (Wildman–Crippen LogP) is 20.0. The van der Waals surface area contributed by atoms with Gasteiger partial charge in [-0.1, -0.05) is 170 Å². The first-order chi connectivity index (χ1) is 35.0. The summed E-state index contributed by atoms with van der Waals surface area (Å²) in [4.78, 5) is 0. The third-order valence-electron chi connectivity index (χ3n) is 15.5. The lowest BCUT2D eigenvalue weighted by Gasteiger charge is -2.21. The smallest absolute Gasteiger partial charge is 0.166 e. The van der Waals surface area contributed by atoms with Crippen LogP contribution in [0.1, 0.15) is 11.1 Å². The number of halogens is 6. The number of rotatable bonds is 4. The zero-order valence-corrected chi connectivity index (χ0v) is 37.9. The number of hydrogen-bond donors (Lipinski definition) is 0. The van der Waals surface area contributed by atoms with E-state index in [2.05, 4.69) is 115 Å². The molecule has 0 bridgehead atoms. The zero-order valence-electron chi connectivity index (χ0n) is 37.9. The summed E-state index contributed by atoms with van der Waals surface area (Å²) in [7, 11) is 0. The molecule has 340 valence electrons. The molecule has 0 spiro atoms. The highest BCUT2D eigenvalue weighted by Gasteiger charge is 2.36. The van der Waals surface area contributed by atoms with E-state index in [-0.39, 0.29) is 0 Å². The Kier molecular flexibility index (Phi) is 8.23. The molecule has 15 rings (SSSR count). The first kappa shape index (κ1) is 41.1. The van der Waals surface area contributed by atoms with E-state index in [0.717, 1.165) is 155 Å². The van der Waals surface area contributed by atoms with Gasteiger partial charge in [0.15, 0.2) is 0 Å². The summed E-state index contributed by atoms with van der Waals surface area (Å²) >= 11 is 0. The predicted molar refractivity (Wildman–Crippen MR) is 283 cm³/mol. The Morgan fingerprint density at radius 2 is 0.542 bits per heavy atom. The fraction of sp³-hybridized carbons (Fsp3) is 0.0303. The lowest BCUT2D eigenvalue weighted by atomic mass is 9.81. The van der Waals surface area contributed by atoms with Crippen molar-refractivity contribution in [2.45, 2.75) is 12.4 Å². The van der Waals surface area contributed by atoms with Crippen molar-refractivity contribution in [3.05, 3.63) is 217 Å². The van der Waals surface area contributed by atoms with Crippen LogP contribution < -0.4 is 0 Å². The summed E-state index contributed by atoms with van der Waals surface area (Å²) in [5.74, 6) is 0. The minimum absolute atomic E-state index is 0.689. The van der Waals surface area contributed by atoms with Gasteiger partial charge in [-0.25, -0.2) is 0 Å². The van der Waals surface area contributed by atoms with Gasteiger partial charge in [-0.15, -0.1) is 0 Å². The summed E-state index contributed by atoms with van der Waals surface area (Å²) < 4.78 is 83.9. The van der Waals surface area contributed by atoms with E-state index < -0.39 is 23.5 Å². The van der Waals surface area contributed by atoms with E-state index in [1.165, 1.54) is 12.1 Å². The van der Waals surface area contributed by atoms with Gasteiger partial charge in [0, 0.05) is 0 Å². The van der Waals surface area contributed by atoms with E-state index in [1.54, 1.807) is 24.3 Å². The topological polar surface area (TPSA) is 0 Å². The average Bonchev–Trinajstić information content (AvgIpc) is 3.93. The molecule has 0 radical (unpaired) electrons. The van der Waals surface area contributed by atoms with E-state index in [4.69, 9.17) is 0 Å². The van der Waals surface area contributed by atoms with E-state index in [9.17, 15) is 26.3 Å². The molecule has 0 aliphatic heterocycles. The van der Waals surface area contributed by atoms with Gasteiger partial charge in [0.1, 0.15) is 0 Å². The highest BCUT2D eigenvalue weighted by Crippen LogP contribution is 2.62. The Morgan fingerprint density at radius 3 is 0.944 bits per heavy atom. The molecule has 0 N–H and O–H groups in total. The molecule has 2 aliphatic rings. The molecular formula is C66H34F6. The van der Waals surface area contributed by atoms with Gasteiger partial charge in [-0.05, 0) is 190 Å². The SMILES string of the molecule is FC(F)(F)c1ccc(-c2ccc(-c3ccccc3)c3c2-c2ccc4c5ccc6c7c(ccc(c8ccc-3c2c48)c75)-c2c-6c(-c3ccccc3)c3cc4ccccc4cc3c2-c2ccc(C(F)(F)F)cc2)cc1. The number of hydrogen-bond acceptors (Lipinski definition) is 0. The molecule has 0 nitrogen and oxygen atoms in total. The van der Waals surface area contributed by atoms with Gasteiger partial charge in [0.2, 0.25) is 0 Å². The standard InChI is InChI=1S/C66H34F6/c67-65(68,69)41-19-15-36(16-20-41)44-24-23-43(35-9-3-1-4-10-35)57-49-29-25-45-48-28-32-52-62-51(31-27-47(60(48)62)46-26-30-50(58(44)57)61(49)59(45)46)63-55(37-11-5-2-6-12-37)53-33-39-13-7-8-14-40(39)34-54(53)56(64(52)63)38-17-21-42(22-18-38)66(70,71)72/h1-34H. The number of benzene rings is 13. The van der Waals surface area contributed by atoms with Crippen molar-refractivity contribution >= 4 is 64.6 Å². The molecule has 13 aromatic rings. The Hall–Kier alpha value is -8.74. The quantitative estimate of drug-likeness (QED) is 0.0937. The Balaban J connectivity index is 1.04.